The van der Waals surface area contributed by atoms with Gasteiger partial charge in [-0.2, -0.15) is 4.80 Å². The number of benzene rings is 1. The predicted molar refractivity (Wildman–Crippen MR) is 114 cm³/mol. The second-order valence-corrected chi connectivity index (χ2v) is 8.24. The average Bonchev–Trinajstić information content (AvgIpc) is 3.35. The van der Waals surface area contributed by atoms with Crippen LogP contribution in [0.15, 0.2) is 28.7 Å². The van der Waals surface area contributed by atoms with Gasteiger partial charge in [0.2, 0.25) is 17.7 Å². The van der Waals surface area contributed by atoms with Gasteiger partial charge >= 0.3 is 0 Å². The SMILES string of the molecule is Cc1nnn(Cc2cc(Cl)ccc2/C=C/C(=O)N2CC[C@@H](c3nnc(C)o3)C[C@H]2C)n1. The molecule has 0 spiro atoms. The number of likely N-dealkylation sites (tertiary alicyclic amines) is 1. The number of aryl methyl sites for hydroxylation is 2. The number of hydrogen-bond acceptors (Lipinski definition) is 7. The standard InChI is InChI=1S/C21H24ClN7O2/c1-13-10-17(21-25-24-15(3)31-21)8-9-28(13)20(30)7-5-16-4-6-19(22)11-18(16)12-29-26-14(2)23-27-29/h4-7,11,13,17H,8-10,12H2,1-3H3/b7-5+/t13-,17-/m1/s1. The van der Waals surface area contributed by atoms with Gasteiger partial charge in [-0.15, -0.1) is 20.4 Å². The number of amides is 1. The molecule has 10 heteroatoms. The van der Waals surface area contributed by atoms with E-state index >= 15 is 0 Å². The smallest absolute Gasteiger partial charge is 0.246 e. The number of nitrogens with zero attached hydrogens (tertiary/aromatic N) is 7. The van der Waals surface area contributed by atoms with E-state index in [0.29, 0.717) is 35.7 Å². The molecule has 1 aliphatic heterocycles. The molecular formula is C21H24ClN7O2. The van der Waals surface area contributed by atoms with Crippen molar-refractivity contribution >= 4 is 23.6 Å². The summed E-state index contributed by atoms with van der Waals surface area (Å²) in [5, 5.41) is 20.8. The van der Waals surface area contributed by atoms with Crippen LogP contribution in [0.1, 0.15) is 54.4 Å². The van der Waals surface area contributed by atoms with Gasteiger partial charge < -0.3 is 9.32 Å². The lowest BCUT2D eigenvalue weighted by Gasteiger charge is -2.35. The molecule has 162 valence electrons. The van der Waals surface area contributed by atoms with Crippen LogP contribution in [0.2, 0.25) is 5.02 Å². The molecule has 9 nitrogen and oxygen atoms in total. The number of halogens is 1. The maximum absolute atomic E-state index is 12.9. The van der Waals surface area contributed by atoms with E-state index in [1.807, 2.05) is 30.0 Å². The van der Waals surface area contributed by atoms with E-state index < -0.39 is 0 Å². The summed E-state index contributed by atoms with van der Waals surface area (Å²) in [5.41, 5.74) is 1.80. The topological polar surface area (TPSA) is 103 Å². The molecular weight excluding hydrogens is 418 g/mol. The molecule has 1 aliphatic rings. The van der Waals surface area contributed by atoms with Crippen molar-refractivity contribution in [2.75, 3.05) is 6.54 Å². The van der Waals surface area contributed by atoms with E-state index in [0.717, 1.165) is 24.0 Å². The lowest BCUT2D eigenvalue weighted by Crippen LogP contribution is -2.43. The van der Waals surface area contributed by atoms with Gasteiger partial charge in [0, 0.05) is 36.5 Å². The van der Waals surface area contributed by atoms with Crippen LogP contribution in [0.4, 0.5) is 0 Å². The molecule has 1 amide bonds. The molecule has 2 atom stereocenters. The van der Waals surface area contributed by atoms with E-state index in [1.165, 1.54) is 4.80 Å². The summed E-state index contributed by atoms with van der Waals surface area (Å²) in [7, 11) is 0. The second-order valence-electron chi connectivity index (χ2n) is 7.80. The Labute approximate surface area is 185 Å². The number of rotatable bonds is 5. The van der Waals surface area contributed by atoms with E-state index in [-0.39, 0.29) is 17.9 Å². The first-order chi connectivity index (χ1) is 14.9. The molecule has 0 bridgehead atoms. The van der Waals surface area contributed by atoms with Crippen molar-refractivity contribution in [2.45, 2.75) is 52.1 Å². The normalized spacial score (nSPS) is 19.3. The summed E-state index contributed by atoms with van der Waals surface area (Å²) in [6.07, 6.45) is 5.03. The number of tetrazole rings is 1. The molecule has 31 heavy (non-hydrogen) atoms. The Morgan fingerprint density at radius 1 is 1.29 bits per heavy atom. The van der Waals surface area contributed by atoms with Gasteiger partial charge in [0.05, 0.1) is 6.54 Å². The average molecular weight is 442 g/mol. The van der Waals surface area contributed by atoms with Crippen LogP contribution in [0.5, 0.6) is 0 Å². The highest BCUT2D eigenvalue weighted by molar-refractivity contribution is 6.30. The summed E-state index contributed by atoms with van der Waals surface area (Å²) < 4.78 is 5.58. The monoisotopic (exact) mass is 441 g/mol. The van der Waals surface area contributed by atoms with E-state index in [1.54, 1.807) is 26.0 Å². The summed E-state index contributed by atoms with van der Waals surface area (Å²) in [6.45, 7) is 6.68. The van der Waals surface area contributed by atoms with Gasteiger partial charge in [-0.25, -0.2) is 0 Å². The highest BCUT2D eigenvalue weighted by atomic mass is 35.5. The molecule has 0 radical (unpaired) electrons. The van der Waals surface area contributed by atoms with Crippen LogP contribution in [-0.4, -0.2) is 53.8 Å². The number of piperidine rings is 1. The Hall–Kier alpha value is -3.07. The molecule has 4 rings (SSSR count). The molecule has 0 N–H and O–H groups in total. The van der Waals surface area contributed by atoms with Gasteiger partial charge in [-0.1, -0.05) is 17.7 Å². The first-order valence-electron chi connectivity index (χ1n) is 10.2. The number of carbonyl (C=O) groups excluding carboxylic acids is 1. The Bertz CT molecular complexity index is 1110. The largest absolute Gasteiger partial charge is 0.425 e. The fourth-order valence-electron chi connectivity index (χ4n) is 3.87. The third kappa shape index (κ3) is 4.99. The maximum atomic E-state index is 12.9. The summed E-state index contributed by atoms with van der Waals surface area (Å²) in [6, 6.07) is 5.62. The molecule has 1 saturated heterocycles. The first-order valence-corrected chi connectivity index (χ1v) is 10.6. The van der Waals surface area contributed by atoms with Crippen LogP contribution in [-0.2, 0) is 11.3 Å². The maximum Gasteiger partial charge on any atom is 0.246 e. The molecule has 0 saturated carbocycles. The Morgan fingerprint density at radius 2 is 2.13 bits per heavy atom. The number of hydrogen-bond donors (Lipinski definition) is 0. The molecule has 0 aliphatic carbocycles. The van der Waals surface area contributed by atoms with Crippen molar-refractivity contribution < 1.29 is 9.21 Å². The fourth-order valence-corrected chi connectivity index (χ4v) is 4.07. The lowest BCUT2D eigenvalue weighted by molar-refractivity contribution is -0.129. The molecule has 0 unspecified atom stereocenters. The summed E-state index contributed by atoms with van der Waals surface area (Å²) >= 11 is 6.18. The van der Waals surface area contributed by atoms with Crippen molar-refractivity contribution in [3.63, 3.8) is 0 Å². The van der Waals surface area contributed by atoms with Crippen LogP contribution < -0.4 is 0 Å². The third-order valence-corrected chi connectivity index (χ3v) is 5.66. The van der Waals surface area contributed by atoms with Crippen LogP contribution in [0.3, 0.4) is 0 Å². The van der Waals surface area contributed by atoms with Crippen LogP contribution in [0.25, 0.3) is 6.08 Å². The molecule has 3 heterocycles. The molecule has 1 fully saturated rings. The molecule has 2 aromatic heterocycles. The van der Waals surface area contributed by atoms with Crippen LogP contribution in [0, 0.1) is 13.8 Å². The summed E-state index contributed by atoms with van der Waals surface area (Å²) in [4.78, 5) is 16.3. The minimum Gasteiger partial charge on any atom is -0.425 e. The molecule has 1 aromatic carbocycles. The van der Waals surface area contributed by atoms with E-state index in [2.05, 4.69) is 25.6 Å². The van der Waals surface area contributed by atoms with Gasteiger partial charge in [0.1, 0.15) is 0 Å². The van der Waals surface area contributed by atoms with Gasteiger partial charge in [0.25, 0.3) is 0 Å². The quantitative estimate of drug-likeness (QED) is 0.560. The Balaban J connectivity index is 1.44. The minimum atomic E-state index is -0.0247. The zero-order chi connectivity index (χ0) is 22.0. The fraction of sp³-hybridized carbons (Fsp3) is 0.429. The minimum absolute atomic E-state index is 0.0247. The van der Waals surface area contributed by atoms with Crippen molar-refractivity contribution in [1.29, 1.82) is 0 Å². The van der Waals surface area contributed by atoms with E-state index in [9.17, 15) is 4.79 Å². The highest BCUT2D eigenvalue weighted by Gasteiger charge is 2.31. The van der Waals surface area contributed by atoms with Crippen molar-refractivity contribution in [3.05, 3.63) is 58.0 Å². The number of aromatic nitrogens is 6. The number of carbonyl (C=O) groups is 1. The van der Waals surface area contributed by atoms with Gasteiger partial charge in [-0.3, -0.25) is 4.79 Å². The van der Waals surface area contributed by atoms with Gasteiger partial charge in [-0.05, 0) is 61.2 Å². The Kier molecular flexibility index (Phi) is 6.13. The lowest BCUT2D eigenvalue weighted by atomic mass is 9.91. The molecule has 3 aromatic rings. The zero-order valence-corrected chi connectivity index (χ0v) is 18.5. The first kappa shape index (κ1) is 21.2. The van der Waals surface area contributed by atoms with Crippen molar-refractivity contribution in [3.8, 4) is 0 Å². The third-order valence-electron chi connectivity index (χ3n) is 5.43. The Morgan fingerprint density at radius 3 is 2.81 bits per heavy atom. The van der Waals surface area contributed by atoms with Crippen molar-refractivity contribution in [1.82, 2.24) is 35.3 Å². The predicted octanol–water partition coefficient (Wildman–Crippen LogP) is 3.18. The second kappa shape index (κ2) is 8.97. The zero-order valence-electron chi connectivity index (χ0n) is 17.7. The van der Waals surface area contributed by atoms with E-state index in [4.69, 9.17) is 16.0 Å². The van der Waals surface area contributed by atoms with Gasteiger partial charge in [0.15, 0.2) is 5.82 Å². The van der Waals surface area contributed by atoms with Crippen LogP contribution >= 0.6 is 11.6 Å². The van der Waals surface area contributed by atoms with Crippen molar-refractivity contribution in [2.24, 2.45) is 0 Å². The summed E-state index contributed by atoms with van der Waals surface area (Å²) in [5.74, 6) is 1.99. The highest BCUT2D eigenvalue weighted by Crippen LogP contribution is 2.31.